The summed E-state index contributed by atoms with van der Waals surface area (Å²) in [5.74, 6) is -0.00335. The molecule has 1 aromatic heterocycles. The fraction of sp³-hybridized carbons (Fsp3) is 0.267. The van der Waals surface area contributed by atoms with Gasteiger partial charge in [0.2, 0.25) is 5.91 Å². The molecule has 1 aliphatic heterocycles. The van der Waals surface area contributed by atoms with Crippen molar-refractivity contribution in [2.24, 2.45) is 0 Å². The number of amides is 2. The molecule has 0 radical (unpaired) electrons. The fourth-order valence-corrected chi connectivity index (χ4v) is 3.08. The second-order valence-corrected chi connectivity index (χ2v) is 6.42. The molecule has 1 aromatic carbocycles. The molecule has 2 aromatic rings. The summed E-state index contributed by atoms with van der Waals surface area (Å²) in [5.41, 5.74) is 1.43. The Kier molecular flexibility index (Phi) is 4.49. The summed E-state index contributed by atoms with van der Waals surface area (Å²) in [5, 5.41) is 5.99. The lowest BCUT2D eigenvalue weighted by Gasteiger charge is -2.28. The van der Waals surface area contributed by atoms with E-state index in [4.69, 9.17) is 16.3 Å². The number of benzene rings is 1. The van der Waals surface area contributed by atoms with Crippen LogP contribution in [0.25, 0.3) is 0 Å². The van der Waals surface area contributed by atoms with E-state index in [-0.39, 0.29) is 25.0 Å². The van der Waals surface area contributed by atoms with Crippen molar-refractivity contribution in [3.05, 3.63) is 39.3 Å². The SMILES string of the molecule is Cc1csc(CNC(=O)CN2C(=O)COc3ccc(Cl)cc32)n1. The van der Waals surface area contributed by atoms with E-state index in [0.717, 1.165) is 10.7 Å². The van der Waals surface area contributed by atoms with E-state index in [2.05, 4.69) is 10.3 Å². The molecule has 0 fully saturated rings. The van der Waals surface area contributed by atoms with Gasteiger partial charge in [0.1, 0.15) is 17.3 Å². The van der Waals surface area contributed by atoms with Gasteiger partial charge in [-0.25, -0.2) is 4.98 Å². The summed E-state index contributed by atoms with van der Waals surface area (Å²) in [6.45, 7) is 2.07. The minimum atomic E-state index is -0.278. The van der Waals surface area contributed by atoms with Crippen LogP contribution in [-0.2, 0) is 16.1 Å². The second-order valence-electron chi connectivity index (χ2n) is 5.04. The van der Waals surface area contributed by atoms with Gasteiger partial charge in [0, 0.05) is 16.1 Å². The molecule has 0 spiro atoms. The van der Waals surface area contributed by atoms with E-state index in [1.807, 2.05) is 12.3 Å². The van der Waals surface area contributed by atoms with E-state index < -0.39 is 0 Å². The number of rotatable bonds is 4. The van der Waals surface area contributed by atoms with Crippen LogP contribution in [0.2, 0.25) is 5.02 Å². The van der Waals surface area contributed by atoms with Crippen LogP contribution in [-0.4, -0.2) is 29.9 Å². The quantitative estimate of drug-likeness (QED) is 0.916. The van der Waals surface area contributed by atoms with Gasteiger partial charge in [-0.3, -0.25) is 14.5 Å². The molecule has 0 aliphatic carbocycles. The minimum Gasteiger partial charge on any atom is -0.482 e. The Bertz CT molecular complexity index is 762. The van der Waals surface area contributed by atoms with Gasteiger partial charge in [0.15, 0.2) is 6.61 Å². The largest absolute Gasteiger partial charge is 0.482 e. The average Bonchev–Trinajstić information content (AvgIpc) is 2.94. The van der Waals surface area contributed by atoms with Gasteiger partial charge in [-0.05, 0) is 25.1 Å². The Balaban J connectivity index is 1.68. The first-order chi connectivity index (χ1) is 11.0. The first kappa shape index (κ1) is 15.8. The topological polar surface area (TPSA) is 71.5 Å². The third-order valence-corrected chi connectivity index (χ3v) is 4.47. The lowest BCUT2D eigenvalue weighted by atomic mass is 10.2. The van der Waals surface area contributed by atoms with Crippen LogP contribution >= 0.6 is 22.9 Å². The molecule has 0 saturated carbocycles. The smallest absolute Gasteiger partial charge is 0.265 e. The third kappa shape index (κ3) is 3.62. The second kappa shape index (κ2) is 6.55. The Hall–Kier alpha value is -2.12. The predicted octanol–water partition coefficient (Wildman–Crippen LogP) is 2.15. The number of aromatic nitrogens is 1. The monoisotopic (exact) mass is 351 g/mol. The summed E-state index contributed by atoms with van der Waals surface area (Å²) in [7, 11) is 0. The maximum atomic E-state index is 12.1. The van der Waals surface area contributed by atoms with Gasteiger partial charge in [0.05, 0.1) is 12.2 Å². The molecule has 2 heterocycles. The molecule has 6 nitrogen and oxygen atoms in total. The van der Waals surface area contributed by atoms with Crippen LogP contribution in [0.5, 0.6) is 5.75 Å². The fourth-order valence-electron chi connectivity index (χ4n) is 2.21. The van der Waals surface area contributed by atoms with E-state index in [1.165, 1.54) is 16.2 Å². The summed E-state index contributed by atoms with van der Waals surface area (Å²) in [6.07, 6.45) is 0. The molecule has 0 bridgehead atoms. The molecule has 23 heavy (non-hydrogen) atoms. The predicted molar refractivity (Wildman–Crippen MR) is 88.0 cm³/mol. The molecular formula is C15H14ClN3O3S. The molecule has 3 rings (SSSR count). The van der Waals surface area contributed by atoms with E-state index >= 15 is 0 Å². The van der Waals surface area contributed by atoms with Crippen LogP contribution in [0.4, 0.5) is 5.69 Å². The molecule has 1 N–H and O–H groups in total. The number of nitrogens with zero attached hydrogens (tertiary/aromatic N) is 2. The molecular weight excluding hydrogens is 338 g/mol. The van der Waals surface area contributed by atoms with Gasteiger partial charge >= 0.3 is 0 Å². The first-order valence-corrected chi connectivity index (χ1v) is 8.19. The molecule has 0 saturated heterocycles. The summed E-state index contributed by atoms with van der Waals surface area (Å²) in [6, 6.07) is 4.98. The lowest BCUT2D eigenvalue weighted by molar-refractivity contribution is -0.125. The number of carbonyl (C=O) groups excluding carboxylic acids is 2. The summed E-state index contributed by atoms with van der Waals surface area (Å²) in [4.78, 5) is 29.8. The van der Waals surface area contributed by atoms with Crippen LogP contribution in [0.3, 0.4) is 0 Å². The number of halogens is 1. The highest BCUT2D eigenvalue weighted by Crippen LogP contribution is 2.34. The van der Waals surface area contributed by atoms with Gasteiger partial charge in [-0.15, -0.1) is 11.3 Å². The van der Waals surface area contributed by atoms with E-state index in [1.54, 1.807) is 18.2 Å². The van der Waals surface area contributed by atoms with E-state index in [9.17, 15) is 9.59 Å². The van der Waals surface area contributed by atoms with Gasteiger partial charge in [0.25, 0.3) is 5.91 Å². The van der Waals surface area contributed by atoms with Gasteiger partial charge in [-0.2, -0.15) is 0 Å². The van der Waals surface area contributed by atoms with Crippen molar-refractivity contribution >= 4 is 40.4 Å². The number of carbonyl (C=O) groups is 2. The van der Waals surface area contributed by atoms with Crippen molar-refractivity contribution in [2.45, 2.75) is 13.5 Å². The Morgan fingerprint density at radius 2 is 2.35 bits per heavy atom. The van der Waals surface area contributed by atoms with Crippen molar-refractivity contribution in [2.75, 3.05) is 18.1 Å². The first-order valence-electron chi connectivity index (χ1n) is 6.93. The Labute approximate surface area is 142 Å². The van der Waals surface area contributed by atoms with E-state index in [0.29, 0.717) is 23.0 Å². The molecule has 8 heteroatoms. The van der Waals surface area contributed by atoms with Gasteiger partial charge < -0.3 is 10.1 Å². The van der Waals surface area contributed by atoms with Crippen LogP contribution < -0.4 is 15.0 Å². The van der Waals surface area contributed by atoms with Gasteiger partial charge in [-0.1, -0.05) is 11.6 Å². The number of aryl methyl sites for hydroxylation is 1. The molecule has 1 aliphatic rings. The minimum absolute atomic E-state index is 0.0834. The number of hydrogen-bond donors (Lipinski definition) is 1. The zero-order valence-electron chi connectivity index (χ0n) is 12.3. The Morgan fingerprint density at radius 3 is 3.09 bits per heavy atom. The highest BCUT2D eigenvalue weighted by Gasteiger charge is 2.27. The standard InChI is InChI=1S/C15H14ClN3O3S/c1-9-8-23-14(18-9)5-17-13(20)6-19-11-4-10(16)2-3-12(11)22-7-15(19)21/h2-4,8H,5-7H2,1H3,(H,17,20). The van der Waals surface area contributed by atoms with Crippen molar-refractivity contribution < 1.29 is 14.3 Å². The van der Waals surface area contributed by atoms with Crippen molar-refractivity contribution in [1.29, 1.82) is 0 Å². The highest BCUT2D eigenvalue weighted by molar-refractivity contribution is 7.09. The molecule has 2 amide bonds. The number of fused-ring (bicyclic) bond motifs is 1. The third-order valence-electron chi connectivity index (χ3n) is 3.27. The zero-order valence-corrected chi connectivity index (χ0v) is 13.9. The maximum Gasteiger partial charge on any atom is 0.265 e. The molecule has 0 unspecified atom stereocenters. The van der Waals surface area contributed by atoms with Crippen molar-refractivity contribution in [1.82, 2.24) is 10.3 Å². The Morgan fingerprint density at radius 1 is 1.52 bits per heavy atom. The van der Waals surface area contributed by atoms with Crippen molar-refractivity contribution in [3.8, 4) is 5.75 Å². The van der Waals surface area contributed by atoms with Crippen LogP contribution in [0, 0.1) is 6.92 Å². The summed E-state index contributed by atoms with van der Waals surface area (Å²) < 4.78 is 5.34. The molecule has 120 valence electrons. The lowest BCUT2D eigenvalue weighted by Crippen LogP contribution is -2.45. The average molecular weight is 352 g/mol. The number of hydrogen-bond acceptors (Lipinski definition) is 5. The summed E-state index contributed by atoms with van der Waals surface area (Å²) >= 11 is 7.45. The normalized spacial score (nSPS) is 13.5. The number of nitrogens with one attached hydrogen (secondary N) is 1. The van der Waals surface area contributed by atoms with Crippen molar-refractivity contribution in [3.63, 3.8) is 0 Å². The number of thiazole rings is 1. The highest BCUT2D eigenvalue weighted by atomic mass is 35.5. The number of anilines is 1. The zero-order chi connectivity index (χ0) is 16.4. The van der Waals surface area contributed by atoms with Crippen LogP contribution in [0.15, 0.2) is 23.6 Å². The molecule has 0 atom stereocenters. The maximum absolute atomic E-state index is 12.1. The number of ether oxygens (including phenoxy) is 1. The van der Waals surface area contributed by atoms with Crippen LogP contribution in [0.1, 0.15) is 10.7 Å².